The van der Waals surface area contributed by atoms with Crippen molar-refractivity contribution in [2.24, 2.45) is 11.8 Å². The summed E-state index contributed by atoms with van der Waals surface area (Å²) in [4.78, 5) is 11.6. The van der Waals surface area contributed by atoms with Crippen molar-refractivity contribution in [2.75, 3.05) is 13.2 Å². The largest absolute Gasteiger partial charge is 0.465 e. The highest BCUT2D eigenvalue weighted by Crippen LogP contribution is 2.47. The van der Waals surface area contributed by atoms with E-state index in [4.69, 9.17) is 4.74 Å². The van der Waals surface area contributed by atoms with Gasteiger partial charge < -0.3 is 10.1 Å². The third-order valence-electron chi connectivity index (χ3n) is 3.78. The van der Waals surface area contributed by atoms with Crippen LogP contribution in [0, 0.1) is 11.8 Å². The highest BCUT2D eigenvalue weighted by atomic mass is 19.1. The Balaban J connectivity index is 2.05. The number of esters is 1. The summed E-state index contributed by atoms with van der Waals surface area (Å²) in [7, 11) is 0. The van der Waals surface area contributed by atoms with E-state index in [0.717, 1.165) is 6.42 Å². The molecule has 2 aliphatic rings. The van der Waals surface area contributed by atoms with Gasteiger partial charge in [0.05, 0.1) is 6.61 Å². The molecule has 1 saturated heterocycles. The van der Waals surface area contributed by atoms with Crippen LogP contribution in [-0.4, -0.2) is 30.8 Å². The summed E-state index contributed by atoms with van der Waals surface area (Å²) in [6.45, 7) is 4.42. The van der Waals surface area contributed by atoms with Gasteiger partial charge in [-0.15, -0.1) is 0 Å². The Morgan fingerprint density at radius 3 is 3.07 bits per heavy atom. The Hall–Kier alpha value is -0.640. The molecule has 3 nitrogen and oxygen atoms in total. The Kier molecular flexibility index (Phi) is 2.71. The van der Waals surface area contributed by atoms with Crippen LogP contribution in [0.3, 0.4) is 0 Å². The summed E-state index contributed by atoms with van der Waals surface area (Å²) < 4.78 is 19.0. The lowest BCUT2D eigenvalue weighted by Crippen LogP contribution is -2.37. The average molecular weight is 215 g/mol. The van der Waals surface area contributed by atoms with Gasteiger partial charge in [0, 0.05) is 12.5 Å². The summed E-state index contributed by atoms with van der Waals surface area (Å²) in [6.07, 6.45) is 1.36. The minimum Gasteiger partial charge on any atom is -0.465 e. The van der Waals surface area contributed by atoms with Crippen LogP contribution >= 0.6 is 0 Å². The monoisotopic (exact) mass is 215 g/mol. The van der Waals surface area contributed by atoms with Crippen molar-refractivity contribution < 1.29 is 13.9 Å². The first-order valence-corrected chi connectivity index (χ1v) is 5.65. The molecule has 4 heteroatoms. The maximum absolute atomic E-state index is 14.0. The molecule has 2 fully saturated rings. The highest BCUT2D eigenvalue weighted by molar-refractivity contribution is 5.76. The lowest BCUT2D eigenvalue weighted by Gasteiger charge is -2.21. The predicted octanol–water partition coefficient (Wildman–Crippen LogP) is 1.28. The van der Waals surface area contributed by atoms with Gasteiger partial charge in [-0.1, -0.05) is 0 Å². The molecule has 4 atom stereocenters. The van der Waals surface area contributed by atoms with Gasteiger partial charge in [-0.05, 0) is 32.6 Å². The fourth-order valence-corrected chi connectivity index (χ4v) is 2.94. The summed E-state index contributed by atoms with van der Waals surface area (Å²) in [5.74, 6) is -0.117. The molecular formula is C11H18FNO2. The smallest absolute Gasteiger partial charge is 0.323 e. The number of ether oxygens (including phenoxy) is 1. The molecular weight excluding hydrogens is 197 g/mol. The molecule has 0 radical (unpaired) electrons. The van der Waals surface area contributed by atoms with Crippen molar-refractivity contribution in [3.8, 4) is 0 Å². The number of rotatable bonds is 2. The summed E-state index contributed by atoms with van der Waals surface area (Å²) in [5.41, 5.74) is -1.11. The average Bonchev–Trinajstić information content (AvgIpc) is 2.69. The first-order chi connectivity index (χ1) is 7.06. The number of hydrogen-bond acceptors (Lipinski definition) is 3. The topological polar surface area (TPSA) is 38.3 Å². The van der Waals surface area contributed by atoms with Gasteiger partial charge in [0.25, 0.3) is 0 Å². The fourth-order valence-electron chi connectivity index (χ4n) is 2.94. The highest BCUT2D eigenvalue weighted by Gasteiger charge is 2.54. The Labute approximate surface area is 89.4 Å². The lowest BCUT2D eigenvalue weighted by molar-refractivity contribution is -0.146. The predicted molar refractivity (Wildman–Crippen MR) is 54.2 cm³/mol. The molecule has 1 N–H and O–H groups in total. The van der Waals surface area contributed by atoms with Crippen LogP contribution in [0.25, 0.3) is 0 Å². The van der Waals surface area contributed by atoms with Gasteiger partial charge in [0.2, 0.25) is 0 Å². The number of fused-ring (bicyclic) bond motifs is 1. The zero-order chi connectivity index (χ0) is 11.1. The zero-order valence-electron chi connectivity index (χ0n) is 9.25. The van der Waals surface area contributed by atoms with Crippen molar-refractivity contribution in [1.82, 2.24) is 5.32 Å². The molecule has 1 saturated carbocycles. The van der Waals surface area contributed by atoms with Gasteiger partial charge in [0.1, 0.15) is 11.7 Å². The molecule has 0 aromatic carbocycles. The summed E-state index contributed by atoms with van der Waals surface area (Å²) in [6, 6.07) is -0.285. The van der Waals surface area contributed by atoms with Crippen molar-refractivity contribution >= 4 is 5.97 Å². The van der Waals surface area contributed by atoms with E-state index in [1.165, 1.54) is 0 Å². The third kappa shape index (κ3) is 1.75. The molecule has 1 aliphatic carbocycles. The quantitative estimate of drug-likeness (QED) is 0.705. The van der Waals surface area contributed by atoms with Crippen LogP contribution in [-0.2, 0) is 9.53 Å². The maximum atomic E-state index is 14.0. The number of nitrogens with one attached hydrogen (secondary N) is 1. The van der Waals surface area contributed by atoms with E-state index in [-0.39, 0.29) is 23.8 Å². The maximum Gasteiger partial charge on any atom is 0.323 e. The lowest BCUT2D eigenvalue weighted by atomic mass is 9.88. The molecule has 0 bridgehead atoms. The second-order valence-electron chi connectivity index (χ2n) is 4.73. The molecule has 1 aliphatic heterocycles. The molecule has 1 heterocycles. The van der Waals surface area contributed by atoms with Crippen LogP contribution in [0.4, 0.5) is 4.39 Å². The second kappa shape index (κ2) is 3.74. The minimum absolute atomic E-state index is 0.0214. The molecule has 1 unspecified atom stereocenters. The van der Waals surface area contributed by atoms with E-state index in [9.17, 15) is 9.18 Å². The molecule has 2 rings (SSSR count). The Morgan fingerprint density at radius 2 is 2.40 bits per heavy atom. The van der Waals surface area contributed by atoms with Crippen molar-refractivity contribution in [3.05, 3.63) is 0 Å². The normalized spacial score (nSPS) is 44.1. The molecule has 0 amide bonds. The van der Waals surface area contributed by atoms with E-state index in [0.29, 0.717) is 19.6 Å². The van der Waals surface area contributed by atoms with E-state index in [2.05, 4.69) is 5.32 Å². The van der Waals surface area contributed by atoms with E-state index < -0.39 is 5.67 Å². The minimum atomic E-state index is -1.11. The van der Waals surface area contributed by atoms with E-state index in [1.807, 2.05) is 0 Å². The molecule has 15 heavy (non-hydrogen) atoms. The van der Waals surface area contributed by atoms with Gasteiger partial charge in [0.15, 0.2) is 0 Å². The number of carbonyl (C=O) groups is 1. The van der Waals surface area contributed by atoms with Crippen molar-refractivity contribution in [2.45, 2.75) is 38.4 Å². The van der Waals surface area contributed by atoms with E-state index >= 15 is 0 Å². The van der Waals surface area contributed by atoms with Gasteiger partial charge in [-0.2, -0.15) is 0 Å². The molecule has 0 aromatic heterocycles. The molecule has 0 aromatic rings. The second-order valence-corrected chi connectivity index (χ2v) is 4.73. The van der Waals surface area contributed by atoms with Crippen LogP contribution in [0.15, 0.2) is 0 Å². The first-order valence-electron chi connectivity index (χ1n) is 5.65. The first kappa shape index (κ1) is 10.9. The van der Waals surface area contributed by atoms with Crippen LogP contribution in [0.5, 0.6) is 0 Å². The Morgan fingerprint density at radius 1 is 1.67 bits per heavy atom. The number of hydrogen-bond donors (Lipinski definition) is 1. The Bertz CT molecular complexity index is 267. The van der Waals surface area contributed by atoms with Gasteiger partial charge >= 0.3 is 5.97 Å². The van der Waals surface area contributed by atoms with Gasteiger partial charge in [-0.25, -0.2) is 4.39 Å². The number of halogens is 1. The standard InChI is InChI=1S/C11H18FNO2/c1-3-15-10(14)9-7-4-5-11(2,12)8(7)6-13-9/h7-9,13H,3-6H2,1-2H3/t7-,8-,9-,11?/m0/s1. The summed E-state index contributed by atoms with van der Waals surface area (Å²) >= 11 is 0. The third-order valence-corrected chi connectivity index (χ3v) is 3.78. The van der Waals surface area contributed by atoms with Crippen LogP contribution in [0.1, 0.15) is 26.7 Å². The molecule has 86 valence electrons. The van der Waals surface area contributed by atoms with E-state index in [1.54, 1.807) is 13.8 Å². The molecule has 0 spiro atoms. The van der Waals surface area contributed by atoms with Crippen LogP contribution in [0.2, 0.25) is 0 Å². The zero-order valence-corrected chi connectivity index (χ0v) is 9.25. The summed E-state index contributed by atoms with van der Waals surface area (Å²) in [5, 5.41) is 3.08. The number of alkyl halides is 1. The SMILES string of the molecule is CCOC(=O)[C@H]1NC[C@H]2[C@@H]1CCC2(C)F. The van der Waals surface area contributed by atoms with Crippen LogP contribution < -0.4 is 5.32 Å². The van der Waals surface area contributed by atoms with Crippen molar-refractivity contribution in [1.29, 1.82) is 0 Å². The van der Waals surface area contributed by atoms with Crippen molar-refractivity contribution in [3.63, 3.8) is 0 Å². The fraction of sp³-hybridized carbons (Fsp3) is 0.909. The number of carbonyl (C=O) groups excluding carboxylic acids is 1. The van der Waals surface area contributed by atoms with Gasteiger partial charge in [-0.3, -0.25) is 4.79 Å².